The summed E-state index contributed by atoms with van der Waals surface area (Å²) in [5, 5.41) is 0. The van der Waals surface area contributed by atoms with Crippen LogP contribution in [-0.4, -0.2) is 0 Å². The number of hydrogen-bond donors (Lipinski definition) is 0. The first-order valence-electron chi connectivity index (χ1n) is 0. The normalized spacial score (nSPS) is 0. The molecule has 0 amide bonds. The molecule has 0 aliphatic heterocycles. The van der Waals surface area contributed by atoms with E-state index in [1.807, 2.05) is 0 Å². The molecule has 0 saturated carbocycles. The zero-order chi connectivity index (χ0) is 0. The average molecular weight is 398 g/mol. The fourth-order valence-electron chi connectivity index (χ4n) is 0. The van der Waals surface area contributed by atoms with Gasteiger partial charge in [-0.3, -0.25) is 0 Å². The Labute approximate surface area is 109 Å². The fraction of sp³-hybridized carbons (Fsp3) is 0. The molecule has 0 N–H and O–H groups in total. The first-order valence-corrected chi connectivity index (χ1v) is 0. The quantitative estimate of drug-likeness (QED) is 0.356. The Morgan fingerprint density at radius 3 is 0.375 bits per heavy atom. The van der Waals surface area contributed by atoms with Crippen molar-refractivity contribution < 1.29 is 111 Å². The smallest absolute Gasteiger partial charge is 1.00 e. The van der Waals surface area contributed by atoms with Gasteiger partial charge in [0.05, 0.1) is 0 Å². The van der Waals surface area contributed by atoms with Crippen LogP contribution in [0.25, 0.3) is 0 Å². The van der Waals surface area contributed by atoms with E-state index in [1.165, 1.54) is 0 Å². The van der Waals surface area contributed by atoms with Crippen LogP contribution in [0.5, 0.6) is 0 Å². The van der Waals surface area contributed by atoms with Gasteiger partial charge in [-0.05, 0) is 0 Å². The Balaban J connectivity index is 0. The summed E-state index contributed by atoms with van der Waals surface area (Å²) in [6.45, 7) is 0. The van der Waals surface area contributed by atoms with Crippen LogP contribution < -0.4 is 28.2 Å². The van der Waals surface area contributed by atoms with E-state index in [9.17, 15) is 0 Å². The third-order valence-electron chi connectivity index (χ3n) is 0. The van der Waals surface area contributed by atoms with E-state index in [2.05, 4.69) is 0 Å². The summed E-state index contributed by atoms with van der Waals surface area (Å²) in [6, 6.07) is 0. The maximum absolute atomic E-state index is 0. The molecule has 0 aliphatic carbocycles. The molecule has 0 rings (SSSR count). The molecule has 0 saturated heterocycles. The minimum Gasteiger partial charge on any atom is -1.00 e. The van der Waals surface area contributed by atoms with Crippen molar-refractivity contribution in [3.05, 3.63) is 0 Å². The van der Waals surface area contributed by atoms with E-state index in [-0.39, 0.29) is 111 Å². The number of rotatable bonds is 0. The molecule has 0 bridgehead atoms. The van der Waals surface area contributed by atoms with Crippen molar-refractivity contribution in [3.8, 4) is 0 Å². The van der Waals surface area contributed by atoms with Gasteiger partial charge in [-0.1, -0.05) is 0 Å². The monoisotopic (exact) mass is 396 g/mol. The zero-order valence-corrected chi connectivity index (χ0v) is 9.62. The topological polar surface area (TPSA) is 0 Å². The van der Waals surface area contributed by atoms with Gasteiger partial charge in [-0.15, -0.1) is 0 Å². The van der Waals surface area contributed by atoms with Crippen molar-refractivity contribution in [2.75, 3.05) is 0 Å². The summed E-state index contributed by atoms with van der Waals surface area (Å²) in [7, 11) is 0. The third kappa shape index (κ3) is 83.3. The van der Waals surface area contributed by atoms with Crippen molar-refractivity contribution in [2.45, 2.75) is 0 Å². The van der Waals surface area contributed by atoms with Gasteiger partial charge < -0.3 is 28.2 Å². The summed E-state index contributed by atoms with van der Waals surface area (Å²) < 4.78 is 0. The van der Waals surface area contributed by atoms with E-state index < -0.39 is 0 Å². The van der Waals surface area contributed by atoms with Gasteiger partial charge in [-0.25, -0.2) is 0 Å². The van der Waals surface area contributed by atoms with Gasteiger partial charge in [0.25, 0.3) is 0 Å². The standard InChI is InChI=1S/Ce.6FH.Nd/h;6*1H;/q+3;;;;;;;+3/p-6. The Bertz CT molecular complexity index is 8.49. The van der Waals surface area contributed by atoms with Crippen LogP contribution in [-0.2, 0) is 0 Å². The largest absolute Gasteiger partial charge is 3.00 e. The molecule has 0 aromatic heterocycles. The van der Waals surface area contributed by atoms with E-state index >= 15 is 0 Å². The molecule has 0 fully saturated rings. The molecular weight excluding hydrogens is 398 g/mol. The molecule has 0 spiro atoms. The van der Waals surface area contributed by atoms with Gasteiger partial charge in [0, 0.05) is 0 Å². The zero-order valence-electron chi connectivity index (χ0n) is 3.27. The molecule has 0 aliphatic rings. The maximum atomic E-state index is 0. The molecule has 0 atom stereocenters. The van der Waals surface area contributed by atoms with Crippen LogP contribution in [0, 0.1) is 82.6 Å². The number of hydrogen-bond acceptors (Lipinski definition) is 0. The first kappa shape index (κ1) is 168. The van der Waals surface area contributed by atoms with Crippen molar-refractivity contribution >= 4 is 0 Å². The van der Waals surface area contributed by atoms with Crippen molar-refractivity contribution in [2.24, 2.45) is 0 Å². The fourth-order valence-corrected chi connectivity index (χ4v) is 0. The maximum Gasteiger partial charge on any atom is 3.00 e. The Hall–Kier alpha value is 2.31. The summed E-state index contributed by atoms with van der Waals surface area (Å²) in [5.74, 6) is 0. The minimum absolute atomic E-state index is 0. The molecule has 2 radical (unpaired) electrons. The van der Waals surface area contributed by atoms with Gasteiger partial charge >= 0.3 is 82.6 Å². The first-order chi connectivity index (χ1) is 0. The Morgan fingerprint density at radius 1 is 0.375 bits per heavy atom. The summed E-state index contributed by atoms with van der Waals surface area (Å²) in [6.07, 6.45) is 0. The predicted octanol–water partition coefficient (Wildman–Crippen LogP) is -18.0. The second-order valence-electron chi connectivity index (χ2n) is 0. The Kier molecular flexibility index (Phi) is 2530. The Morgan fingerprint density at radius 2 is 0.375 bits per heavy atom. The van der Waals surface area contributed by atoms with Crippen molar-refractivity contribution in [1.82, 2.24) is 0 Å². The third-order valence-corrected chi connectivity index (χ3v) is 0. The van der Waals surface area contributed by atoms with Gasteiger partial charge in [0.1, 0.15) is 0 Å². The van der Waals surface area contributed by atoms with Crippen LogP contribution in [0.3, 0.4) is 0 Å². The molecule has 0 aromatic rings. The molecule has 50 valence electrons. The SMILES string of the molecule is [Ce+3].[F-].[F-].[F-].[F-].[F-].[F-].[Nd+3]. The molecule has 0 nitrogen and oxygen atoms in total. The minimum atomic E-state index is 0. The van der Waals surface area contributed by atoms with E-state index in [4.69, 9.17) is 0 Å². The molecule has 0 heterocycles. The van der Waals surface area contributed by atoms with Crippen LogP contribution in [0.15, 0.2) is 0 Å². The van der Waals surface area contributed by atoms with Crippen molar-refractivity contribution in [1.29, 1.82) is 0 Å². The van der Waals surface area contributed by atoms with Crippen LogP contribution in [0.2, 0.25) is 0 Å². The van der Waals surface area contributed by atoms with Crippen LogP contribution in [0.1, 0.15) is 0 Å². The summed E-state index contributed by atoms with van der Waals surface area (Å²) >= 11 is 0. The van der Waals surface area contributed by atoms with Crippen LogP contribution >= 0.6 is 0 Å². The van der Waals surface area contributed by atoms with Gasteiger partial charge in [0.15, 0.2) is 0 Å². The van der Waals surface area contributed by atoms with E-state index in [0.29, 0.717) is 0 Å². The van der Waals surface area contributed by atoms with Gasteiger partial charge in [-0.2, -0.15) is 0 Å². The van der Waals surface area contributed by atoms with Crippen LogP contribution in [0.4, 0.5) is 0 Å². The molecular formula is CeF6Nd. The molecule has 8 heavy (non-hydrogen) atoms. The summed E-state index contributed by atoms with van der Waals surface area (Å²) in [4.78, 5) is 0. The molecule has 0 aromatic carbocycles. The second kappa shape index (κ2) is 121. The van der Waals surface area contributed by atoms with Crippen molar-refractivity contribution in [3.63, 3.8) is 0 Å². The molecule has 8 heteroatoms. The van der Waals surface area contributed by atoms with Gasteiger partial charge in [0.2, 0.25) is 0 Å². The summed E-state index contributed by atoms with van der Waals surface area (Å²) in [5.41, 5.74) is 0. The predicted molar refractivity (Wildman–Crippen MR) is 0 cm³/mol. The second-order valence-corrected chi connectivity index (χ2v) is 0. The number of halogens is 6. The van der Waals surface area contributed by atoms with E-state index in [0.717, 1.165) is 0 Å². The molecule has 0 unspecified atom stereocenters. The average Bonchev–Trinajstić information content (AvgIpc) is 0. The van der Waals surface area contributed by atoms with E-state index in [1.54, 1.807) is 0 Å².